The summed E-state index contributed by atoms with van der Waals surface area (Å²) in [6, 6.07) is 7.24. The number of carbonyl (C=O) groups excluding carboxylic acids is 1. The first-order valence-corrected chi connectivity index (χ1v) is 9.10. The van der Waals surface area contributed by atoms with E-state index in [2.05, 4.69) is 0 Å². The molecular formula is C18H22N2O3S. The quantitative estimate of drug-likeness (QED) is 0.904. The molecule has 6 heteroatoms. The lowest BCUT2D eigenvalue weighted by Gasteiger charge is -2.26. The van der Waals surface area contributed by atoms with Gasteiger partial charge in [-0.1, -0.05) is 6.07 Å². The number of hydrogen-bond donors (Lipinski definition) is 1. The van der Waals surface area contributed by atoms with Crippen LogP contribution in [0.25, 0.3) is 0 Å². The highest BCUT2D eigenvalue weighted by molar-refractivity contribution is 7.10. The second kappa shape index (κ2) is 7.32. The number of carbonyl (C=O) groups is 1. The first-order chi connectivity index (χ1) is 11.5. The number of amides is 1. The maximum absolute atomic E-state index is 12.6. The predicted molar refractivity (Wildman–Crippen MR) is 94.1 cm³/mol. The molecule has 1 amide bonds. The van der Waals surface area contributed by atoms with Gasteiger partial charge in [0.1, 0.15) is 6.54 Å². The Morgan fingerprint density at radius 2 is 2.29 bits per heavy atom. The fourth-order valence-electron chi connectivity index (χ4n) is 3.24. The molecule has 0 bridgehead atoms. The van der Waals surface area contributed by atoms with Crippen LogP contribution in [0.2, 0.25) is 0 Å². The molecule has 3 rings (SSSR count). The van der Waals surface area contributed by atoms with E-state index in [0.29, 0.717) is 13.0 Å². The topological polar surface area (TPSA) is 62.5 Å². The van der Waals surface area contributed by atoms with Crippen LogP contribution in [0.4, 0.5) is 0 Å². The largest absolute Gasteiger partial charge is 0.387 e. The van der Waals surface area contributed by atoms with E-state index in [1.807, 2.05) is 35.4 Å². The molecule has 1 aliphatic heterocycles. The number of aliphatic hydroxyl groups is 1. The zero-order valence-corrected chi connectivity index (χ0v) is 14.5. The highest BCUT2D eigenvalue weighted by Gasteiger charge is 2.30. The molecule has 128 valence electrons. The first-order valence-electron chi connectivity index (χ1n) is 8.22. The van der Waals surface area contributed by atoms with Crippen LogP contribution in [0.1, 0.15) is 35.8 Å². The van der Waals surface area contributed by atoms with Gasteiger partial charge in [-0.05, 0) is 49.3 Å². The molecule has 5 nitrogen and oxygen atoms in total. The Labute approximate surface area is 145 Å². The van der Waals surface area contributed by atoms with Crippen molar-refractivity contribution in [3.05, 3.63) is 56.6 Å². The fourth-order valence-corrected chi connectivity index (χ4v) is 3.96. The molecule has 1 aliphatic rings. The van der Waals surface area contributed by atoms with Crippen LogP contribution < -0.4 is 5.56 Å². The predicted octanol–water partition coefficient (Wildman–Crippen LogP) is 2.33. The lowest BCUT2D eigenvalue weighted by molar-refractivity contribution is -0.133. The molecular weight excluding hydrogens is 324 g/mol. The van der Waals surface area contributed by atoms with Gasteiger partial charge in [0.2, 0.25) is 5.91 Å². The smallest absolute Gasteiger partial charge is 0.251 e. The number of aromatic nitrogens is 1. The highest BCUT2D eigenvalue weighted by atomic mass is 32.1. The molecule has 0 unspecified atom stereocenters. The summed E-state index contributed by atoms with van der Waals surface area (Å²) >= 11 is 1.53. The summed E-state index contributed by atoms with van der Waals surface area (Å²) in [6.07, 6.45) is 3.52. The van der Waals surface area contributed by atoms with Gasteiger partial charge >= 0.3 is 0 Å². The molecule has 3 heterocycles. The third-order valence-electron chi connectivity index (χ3n) is 4.52. The molecule has 1 N–H and O–H groups in total. The summed E-state index contributed by atoms with van der Waals surface area (Å²) in [5.74, 6) is -0.0539. The summed E-state index contributed by atoms with van der Waals surface area (Å²) in [5.41, 5.74) is 0.736. The lowest BCUT2D eigenvalue weighted by Crippen LogP contribution is -2.40. The van der Waals surface area contributed by atoms with E-state index < -0.39 is 6.10 Å². The van der Waals surface area contributed by atoms with Gasteiger partial charge in [0.05, 0.1) is 6.10 Å². The summed E-state index contributed by atoms with van der Waals surface area (Å²) < 4.78 is 1.44. The van der Waals surface area contributed by atoms with Gasteiger partial charge in [-0.2, -0.15) is 0 Å². The molecule has 24 heavy (non-hydrogen) atoms. The Hall–Kier alpha value is -1.92. The number of rotatable bonds is 5. The molecule has 2 aromatic rings. The summed E-state index contributed by atoms with van der Waals surface area (Å²) in [7, 11) is 0. The van der Waals surface area contributed by atoms with Crippen molar-refractivity contribution >= 4 is 17.2 Å². The first kappa shape index (κ1) is 16.9. The second-order valence-electron chi connectivity index (χ2n) is 6.32. The number of aliphatic hydroxyl groups excluding tert-OH is 1. The molecule has 1 fully saturated rings. The number of hydrogen-bond acceptors (Lipinski definition) is 4. The zero-order chi connectivity index (χ0) is 17.1. The van der Waals surface area contributed by atoms with Crippen molar-refractivity contribution in [3.8, 4) is 0 Å². The minimum absolute atomic E-state index is 0.0377. The number of nitrogens with zero attached hydrogens (tertiary/aromatic N) is 2. The van der Waals surface area contributed by atoms with E-state index in [-0.39, 0.29) is 24.1 Å². The van der Waals surface area contributed by atoms with Gasteiger partial charge in [0, 0.05) is 29.7 Å². The Bertz CT molecular complexity index is 754. The minimum atomic E-state index is -0.537. The van der Waals surface area contributed by atoms with Gasteiger partial charge in [0.25, 0.3) is 5.56 Å². The highest BCUT2D eigenvalue weighted by Crippen LogP contribution is 2.29. The third kappa shape index (κ3) is 3.76. The summed E-state index contributed by atoms with van der Waals surface area (Å²) in [6.45, 7) is 2.61. The van der Waals surface area contributed by atoms with Crippen molar-refractivity contribution < 1.29 is 9.90 Å². The van der Waals surface area contributed by atoms with Gasteiger partial charge in [-0.15, -0.1) is 11.3 Å². The van der Waals surface area contributed by atoms with Gasteiger partial charge < -0.3 is 14.6 Å². The van der Waals surface area contributed by atoms with E-state index in [4.69, 9.17) is 0 Å². The number of thiophene rings is 1. The third-order valence-corrected chi connectivity index (χ3v) is 5.50. The van der Waals surface area contributed by atoms with Gasteiger partial charge in [-0.3, -0.25) is 9.59 Å². The second-order valence-corrected chi connectivity index (χ2v) is 7.30. The Morgan fingerprint density at radius 1 is 1.46 bits per heavy atom. The van der Waals surface area contributed by atoms with E-state index in [0.717, 1.165) is 23.3 Å². The van der Waals surface area contributed by atoms with Crippen molar-refractivity contribution in [2.45, 2.75) is 44.9 Å². The number of aryl methyl sites for hydroxylation is 1. The average molecular weight is 346 g/mol. The van der Waals surface area contributed by atoms with Gasteiger partial charge in [0.15, 0.2) is 0 Å². The molecule has 2 aromatic heterocycles. The fraction of sp³-hybridized carbons (Fsp3) is 0.444. The molecule has 0 aromatic carbocycles. The SMILES string of the molecule is Cc1ccn(CC(=O)N2CCC[C@H]2C[C@@H](O)c2cccs2)c(=O)c1. The molecule has 0 spiro atoms. The van der Waals surface area contributed by atoms with E-state index in [1.54, 1.807) is 6.20 Å². The van der Waals surface area contributed by atoms with Crippen molar-refractivity contribution in [1.29, 1.82) is 0 Å². The Kier molecular flexibility index (Phi) is 5.16. The van der Waals surface area contributed by atoms with Crippen LogP contribution in [0.3, 0.4) is 0 Å². The minimum Gasteiger partial charge on any atom is -0.387 e. The van der Waals surface area contributed by atoms with Crippen molar-refractivity contribution in [3.63, 3.8) is 0 Å². The molecule has 1 saturated heterocycles. The molecule has 2 atom stereocenters. The van der Waals surface area contributed by atoms with Crippen molar-refractivity contribution in [2.24, 2.45) is 0 Å². The van der Waals surface area contributed by atoms with E-state index in [9.17, 15) is 14.7 Å². The summed E-state index contributed by atoms with van der Waals surface area (Å²) in [5, 5.41) is 12.3. The van der Waals surface area contributed by atoms with E-state index in [1.165, 1.54) is 22.0 Å². The Balaban J connectivity index is 1.66. The number of likely N-dealkylation sites (tertiary alicyclic amines) is 1. The standard InChI is InChI=1S/C18H22N2O3S/c1-13-6-8-19(17(22)10-13)12-18(23)20-7-2-4-14(20)11-15(21)16-5-3-9-24-16/h3,5-6,8-10,14-15,21H,2,4,7,11-12H2,1H3/t14-,15+/m0/s1. The maximum Gasteiger partial charge on any atom is 0.251 e. The molecule has 0 radical (unpaired) electrons. The van der Waals surface area contributed by atoms with Gasteiger partial charge in [-0.25, -0.2) is 0 Å². The van der Waals surface area contributed by atoms with E-state index >= 15 is 0 Å². The van der Waals surface area contributed by atoms with Crippen LogP contribution in [0.5, 0.6) is 0 Å². The van der Waals surface area contributed by atoms with Crippen molar-refractivity contribution in [2.75, 3.05) is 6.54 Å². The van der Waals surface area contributed by atoms with Crippen LogP contribution in [-0.2, 0) is 11.3 Å². The Morgan fingerprint density at radius 3 is 3.00 bits per heavy atom. The van der Waals surface area contributed by atoms with Crippen LogP contribution in [-0.4, -0.2) is 33.1 Å². The van der Waals surface area contributed by atoms with Crippen LogP contribution in [0.15, 0.2) is 40.6 Å². The monoisotopic (exact) mass is 346 g/mol. The van der Waals surface area contributed by atoms with Crippen LogP contribution >= 0.6 is 11.3 Å². The molecule has 0 aliphatic carbocycles. The number of pyridine rings is 1. The average Bonchev–Trinajstić information content (AvgIpc) is 3.21. The summed E-state index contributed by atoms with van der Waals surface area (Å²) in [4.78, 5) is 27.3. The normalized spacial score (nSPS) is 18.8. The molecule has 0 saturated carbocycles. The zero-order valence-electron chi connectivity index (χ0n) is 13.7. The van der Waals surface area contributed by atoms with Crippen molar-refractivity contribution in [1.82, 2.24) is 9.47 Å². The van der Waals surface area contributed by atoms with Crippen LogP contribution in [0, 0.1) is 6.92 Å². The lowest BCUT2D eigenvalue weighted by atomic mass is 10.1. The maximum atomic E-state index is 12.6.